The van der Waals surface area contributed by atoms with Crippen molar-refractivity contribution in [1.82, 2.24) is 0 Å². The van der Waals surface area contributed by atoms with E-state index in [0.717, 1.165) is 22.5 Å². The molecule has 0 saturated heterocycles. The molecule has 0 saturated carbocycles. The number of β-amino-alcohol motifs (C(OH)–C–C–N with tert-alkyl or cyclic N) is 1. The maximum Gasteiger partial charge on any atom is 0.231 e. The van der Waals surface area contributed by atoms with Gasteiger partial charge in [0.25, 0.3) is 0 Å². The van der Waals surface area contributed by atoms with Gasteiger partial charge in [-0.3, -0.25) is 4.79 Å². The first-order chi connectivity index (χ1) is 13.2. The molecular formula is C21H18FNO4. The minimum absolute atomic E-state index is 0.0382. The number of carbonyl (C=O) groups is 1. The average molecular weight is 367 g/mol. The van der Waals surface area contributed by atoms with Crippen molar-refractivity contribution in [2.24, 2.45) is 0 Å². The number of rotatable bonds is 3. The van der Waals surface area contributed by atoms with Crippen LogP contribution in [0.5, 0.6) is 11.5 Å². The van der Waals surface area contributed by atoms with Gasteiger partial charge in [0.15, 0.2) is 17.3 Å². The Morgan fingerprint density at radius 3 is 2.74 bits per heavy atom. The van der Waals surface area contributed by atoms with Crippen molar-refractivity contribution in [1.29, 1.82) is 0 Å². The second-order valence-corrected chi connectivity index (χ2v) is 6.91. The zero-order chi connectivity index (χ0) is 18.5. The van der Waals surface area contributed by atoms with Gasteiger partial charge in [0, 0.05) is 41.9 Å². The lowest BCUT2D eigenvalue weighted by atomic mass is 9.80. The minimum Gasteiger partial charge on any atom is -0.454 e. The largest absolute Gasteiger partial charge is 0.454 e. The quantitative estimate of drug-likeness (QED) is 0.903. The highest BCUT2D eigenvalue weighted by atomic mass is 19.1. The number of nitrogens with zero attached hydrogens (tertiary/aromatic N) is 1. The van der Waals surface area contributed by atoms with E-state index in [9.17, 15) is 14.3 Å². The van der Waals surface area contributed by atoms with Gasteiger partial charge < -0.3 is 19.5 Å². The fourth-order valence-electron chi connectivity index (χ4n) is 4.37. The van der Waals surface area contributed by atoms with Crippen LogP contribution in [-0.4, -0.2) is 30.8 Å². The second kappa shape index (κ2) is 6.09. The smallest absolute Gasteiger partial charge is 0.231 e. The predicted molar refractivity (Wildman–Crippen MR) is 96.5 cm³/mol. The van der Waals surface area contributed by atoms with E-state index >= 15 is 0 Å². The Balaban J connectivity index is 1.77. The van der Waals surface area contributed by atoms with Gasteiger partial charge in [0.1, 0.15) is 5.82 Å². The van der Waals surface area contributed by atoms with Crippen molar-refractivity contribution in [3.05, 3.63) is 64.6 Å². The Bertz CT molecular complexity index is 984. The zero-order valence-electron chi connectivity index (χ0n) is 14.6. The number of carbonyl (C=O) groups excluding carboxylic acids is 1. The third-order valence-corrected chi connectivity index (χ3v) is 5.44. The van der Waals surface area contributed by atoms with Crippen molar-refractivity contribution < 1.29 is 23.8 Å². The highest BCUT2D eigenvalue weighted by Gasteiger charge is 2.41. The minimum atomic E-state index is -0.356. The number of fused-ring (bicyclic) bond motifs is 2. The fourth-order valence-corrected chi connectivity index (χ4v) is 4.37. The predicted octanol–water partition coefficient (Wildman–Crippen LogP) is 3.12. The number of halogens is 1. The number of benzene rings is 2. The van der Waals surface area contributed by atoms with Crippen LogP contribution in [0, 0.1) is 5.82 Å². The van der Waals surface area contributed by atoms with E-state index in [1.807, 2.05) is 23.1 Å². The summed E-state index contributed by atoms with van der Waals surface area (Å²) in [7, 11) is 0. The van der Waals surface area contributed by atoms with E-state index < -0.39 is 0 Å². The molecule has 5 rings (SSSR count). The molecule has 0 radical (unpaired) electrons. The molecule has 2 aromatic carbocycles. The first kappa shape index (κ1) is 16.3. The Kier molecular flexibility index (Phi) is 3.68. The van der Waals surface area contributed by atoms with Crippen LogP contribution in [0.3, 0.4) is 0 Å². The van der Waals surface area contributed by atoms with Crippen LogP contribution in [0.2, 0.25) is 0 Å². The number of aliphatic hydroxyl groups excluding tert-OH is 1. The number of ether oxygens (including phenoxy) is 2. The number of anilines is 1. The van der Waals surface area contributed by atoms with Crippen molar-refractivity contribution in [3.8, 4) is 11.5 Å². The standard InChI is InChI=1S/C21H18FNO4/c22-13-3-1-2-12(8-13)20-14-9-18-19(27-11-26-18)10-16(14)23(6-7-24)15-4-5-17(25)21(15)20/h1-3,8-10,20,24H,4-7,11H2. The highest BCUT2D eigenvalue weighted by Crippen LogP contribution is 2.52. The van der Waals surface area contributed by atoms with E-state index in [2.05, 4.69) is 0 Å². The molecule has 5 nitrogen and oxygen atoms in total. The van der Waals surface area contributed by atoms with Crippen LogP contribution in [0.25, 0.3) is 0 Å². The van der Waals surface area contributed by atoms with Gasteiger partial charge in [-0.1, -0.05) is 12.1 Å². The normalized spacial score (nSPS) is 20.1. The molecular weight excluding hydrogens is 349 g/mol. The maximum atomic E-state index is 14.0. The molecule has 3 aliphatic rings. The van der Waals surface area contributed by atoms with Crippen molar-refractivity contribution in [2.75, 3.05) is 24.8 Å². The summed E-state index contributed by atoms with van der Waals surface area (Å²) in [5, 5.41) is 9.59. The fraction of sp³-hybridized carbons (Fsp3) is 0.286. The molecule has 138 valence electrons. The topological polar surface area (TPSA) is 59.0 Å². The molecule has 0 aromatic heterocycles. The Hall–Kier alpha value is -2.86. The number of allylic oxidation sites excluding steroid dienone is 2. The SMILES string of the molecule is O=C1CCC2=C1C(c1cccc(F)c1)c1cc3c(cc1N2CCO)OCO3. The number of Topliss-reactive ketones (excluding diaryl/α,β-unsaturated/α-hetero) is 1. The first-order valence-electron chi connectivity index (χ1n) is 9.01. The van der Waals surface area contributed by atoms with Crippen LogP contribution in [-0.2, 0) is 4.79 Å². The molecule has 1 aliphatic carbocycles. The lowest BCUT2D eigenvalue weighted by molar-refractivity contribution is -0.115. The second-order valence-electron chi connectivity index (χ2n) is 6.91. The molecule has 0 amide bonds. The lowest BCUT2D eigenvalue weighted by Crippen LogP contribution is -2.32. The number of ketones is 1. The Morgan fingerprint density at radius 2 is 1.96 bits per heavy atom. The summed E-state index contributed by atoms with van der Waals surface area (Å²) in [4.78, 5) is 14.8. The summed E-state index contributed by atoms with van der Waals surface area (Å²) in [6.07, 6.45) is 1.05. The monoisotopic (exact) mass is 367 g/mol. The molecule has 0 bridgehead atoms. The van der Waals surface area contributed by atoms with Crippen molar-refractivity contribution in [3.63, 3.8) is 0 Å². The van der Waals surface area contributed by atoms with E-state index in [1.165, 1.54) is 12.1 Å². The lowest BCUT2D eigenvalue weighted by Gasteiger charge is -2.37. The summed E-state index contributed by atoms with van der Waals surface area (Å²) < 4.78 is 25.0. The summed E-state index contributed by atoms with van der Waals surface area (Å²) in [6, 6.07) is 10.2. The molecule has 0 spiro atoms. The van der Waals surface area contributed by atoms with Crippen LogP contribution in [0.1, 0.15) is 29.9 Å². The Morgan fingerprint density at radius 1 is 1.15 bits per heavy atom. The molecule has 6 heteroatoms. The molecule has 27 heavy (non-hydrogen) atoms. The van der Waals surface area contributed by atoms with Gasteiger partial charge in [0.05, 0.1) is 6.61 Å². The zero-order valence-corrected chi connectivity index (χ0v) is 14.6. The molecule has 1 N–H and O–H groups in total. The third-order valence-electron chi connectivity index (χ3n) is 5.44. The van der Waals surface area contributed by atoms with Gasteiger partial charge in [-0.15, -0.1) is 0 Å². The molecule has 0 fully saturated rings. The maximum absolute atomic E-state index is 14.0. The van der Waals surface area contributed by atoms with Gasteiger partial charge >= 0.3 is 0 Å². The van der Waals surface area contributed by atoms with Gasteiger partial charge in [0.2, 0.25) is 6.79 Å². The molecule has 2 aliphatic heterocycles. The number of aliphatic hydroxyl groups is 1. The van der Waals surface area contributed by atoms with Crippen LogP contribution < -0.4 is 14.4 Å². The molecule has 1 unspecified atom stereocenters. The van der Waals surface area contributed by atoms with Crippen molar-refractivity contribution in [2.45, 2.75) is 18.8 Å². The van der Waals surface area contributed by atoms with E-state index in [4.69, 9.17) is 9.47 Å². The summed E-state index contributed by atoms with van der Waals surface area (Å²) in [5.41, 5.74) is 4.08. The van der Waals surface area contributed by atoms with Gasteiger partial charge in [-0.25, -0.2) is 4.39 Å². The first-order valence-corrected chi connectivity index (χ1v) is 9.01. The molecule has 1 atom stereocenters. The Labute approximate surface area is 155 Å². The summed E-state index contributed by atoms with van der Waals surface area (Å²) in [5.74, 6) is 0.646. The summed E-state index contributed by atoms with van der Waals surface area (Å²) >= 11 is 0. The van der Waals surface area contributed by atoms with Crippen LogP contribution >= 0.6 is 0 Å². The summed E-state index contributed by atoms with van der Waals surface area (Å²) in [6.45, 7) is 0.493. The third kappa shape index (κ3) is 2.44. The van der Waals surface area contributed by atoms with Crippen LogP contribution in [0.15, 0.2) is 47.7 Å². The number of hydrogen-bond donors (Lipinski definition) is 1. The van der Waals surface area contributed by atoms with Gasteiger partial charge in [-0.05, 0) is 35.7 Å². The van der Waals surface area contributed by atoms with Gasteiger partial charge in [-0.2, -0.15) is 0 Å². The number of hydrogen-bond acceptors (Lipinski definition) is 5. The van der Waals surface area contributed by atoms with Crippen molar-refractivity contribution >= 4 is 11.5 Å². The van der Waals surface area contributed by atoms with Crippen LogP contribution in [0.4, 0.5) is 10.1 Å². The van der Waals surface area contributed by atoms with E-state index in [-0.39, 0.29) is 30.9 Å². The average Bonchev–Trinajstić information content (AvgIpc) is 3.27. The highest BCUT2D eigenvalue weighted by molar-refractivity contribution is 6.03. The van der Waals surface area contributed by atoms with E-state index in [0.29, 0.717) is 36.5 Å². The molecule has 2 heterocycles. The molecule has 2 aromatic rings. The van der Waals surface area contributed by atoms with E-state index in [1.54, 1.807) is 6.07 Å².